The van der Waals surface area contributed by atoms with Gasteiger partial charge in [-0.3, -0.25) is 0 Å². The Hall–Kier alpha value is -1.02. The molecule has 2 rings (SSSR count). The van der Waals surface area contributed by atoms with Crippen molar-refractivity contribution < 1.29 is 0 Å². The molecule has 0 radical (unpaired) electrons. The average Bonchev–Trinajstić information content (AvgIpc) is 3.09. The summed E-state index contributed by atoms with van der Waals surface area (Å²) in [6.45, 7) is 11.8. The highest BCUT2D eigenvalue weighted by Gasteiger charge is 2.32. The zero-order chi connectivity index (χ0) is 20.6. The van der Waals surface area contributed by atoms with Crippen LogP contribution in [0.25, 0.3) is 0 Å². The van der Waals surface area contributed by atoms with Gasteiger partial charge >= 0.3 is 0 Å². The van der Waals surface area contributed by atoms with Crippen LogP contribution in [-0.2, 0) is 18.6 Å². The standard InChI is InChI=1S/C21H35N5S2/c1-20(2,17-21(3,4)28-27-13-12-25(5)6)26-16-19(23-24-26)15-22-14-18-10-8-7-9-11-18/h7-11,16,22H,12-15,17H2,1-6H3. The van der Waals surface area contributed by atoms with Crippen molar-refractivity contribution in [2.45, 2.75) is 57.5 Å². The minimum atomic E-state index is -0.0801. The molecule has 1 aromatic heterocycles. The first-order valence-corrected chi connectivity index (χ1v) is 12.1. The molecule has 1 aromatic carbocycles. The van der Waals surface area contributed by atoms with Gasteiger partial charge in [-0.15, -0.1) is 5.10 Å². The molecule has 0 aliphatic carbocycles. The summed E-state index contributed by atoms with van der Waals surface area (Å²) < 4.78 is 2.19. The van der Waals surface area contributed by atoms with Gasteiger partial charge in [-0.2, -0.15) is 0 Å². The van der Waals surface area contributed by atoms with Crippen LogP contribution < -0.4 is 5.32 Å². The molecule has 5 nitrogen and oxygen atoms in total. The van der Waals surface area contributed by atoms with Crippen LogP contribution in [0.1, 0.15) is 45.4 Å². The van der Waals surface area contributed by atoms with Gasteiger partial charge < -0.3 is 10.2 Å². The van der Waals surface area contributed by atoms with Crippen molar-refractivity contribution >= 4 is 21.6 Å². The van der Waals surface area contributed by atoms with E-state index in [0.29, 0.717) is 0 Å². The normalized spacial score (nSPS) is 12.7. The summed E-state index contributed by atoms with van der Waals surface area (Å²) in [4.78, 5) is 2.23. The predicted octanol–water partition coefficient (Wildman–Crippen LogP) is 4.41. The van der Waals surface area contributed by atoms with E-state index in [0.717, 1.165) is 37.5 Å². The van der Waals surface area contributed by atoms with Crippen LogP contribution in [0.4, 0.5) is 0 Å². The first-order chi connectivity index (χ1) is 13.2. The number of benzene rings is 1. The predicted molar refractivity (Wildman–Crippen MR) is 124 cm³/mol. The fourth-order valence-corrected chi connectivity index (χ4v) is 6.04. The highest BCUT2D eigenvalue weighted by molar-refractivity contribution is 8.77. The zero-order valence-electron chi connectivity index (χ0n) is 18.1. The smallest absolute Gasteiger partial charge is 0.0965 e. The summed E-state index contributed by atoms with van der Waals surface area (Å²) in [6.07, 6.45) is 3.11. The second-order valence-electron chi connectivity index (χ2n) is 8.70. The quantitative estimate of drug-likeness (QED) is 0.404. The van der Waals surface area contributed by atoms with E-state index in [9.17, 15) is 0 Å². The fourth-order valence-electron chi connectivity index (χ4n) is 3.18. The average molecular weight is 422 g/mol. The molecule has 0 aliphatic rings. The molecule has 1 heterocycles. The van der Waals surface area contributed by atoms with Gasteiger partial charge in [0.05, 0.1) is 17.4 Å². The molecule has 156 valence electrons. The van der Waals surface area contributed by atoms with E-state index >= 15 is 0 Å². The van der Waals surface area contributed by atoms with Crippen LogP contribution in [0.5, 0.6) is 0 Å². The molecule has 0 bridgehead atoms. The molecular weight excluding hydrogens is 386 g/mol. The summed E-state index contributed by atoms with van der Waals surface area (Å²) in [5.74, 6) is 1.14. The summed E-state index contributed by atoms with van der Waals surface area (Å²) in [6, 6.07) is 10.4. The van der Waals surface area contributed by atoms with Gasteiger partial charge in [0.2, 0.25) is 0 Å². The molecule has 1 N–H and O–H groups in total. The lowest BCUT2D eigenvalue weighted by molar-refractivity contribution is 0.266. The Morgan fingerprint density at radius 2 is 1.79 bits per heavy atom. The SMILES string of the molecule is CN(C)CCSSC(C)(C)CC(C)(C)n1cc(CNCc2ccccc2)nn1. The van der Waals surface area contributed by atoms with Gasteiger partial charge in [-0.1, -0.05) is 57.1 Å². The van der Waals surface area contributed by atoms with Gasteiger partial charge in [-0.25, -0.2) is 4.68 Å². The van der Waals surface area contributed by atoms with E-state index < -0.39 is 0 Å². The van der Waals surface area contributed by atoms with E-state index in [-0.39, 0.29) is 10.3 Å². The molecule has 7 heteroatoms. The maximum atomic E-state index is 4.42. The summed E-state index contributed by atoms with van der Waals surface area (Å²) in [7, 11) is 8.18. The Morgan fingerprint density at radius 3 is 2.46 bits per heavy atom. The molecule has 0 aliphatic heterocycles. The van der Waals surface area contributed by atoms with E-state index in [1.54, 1.807) is 0 Å². The monoisotopic (exact) mass is 421 g/mol. The van der Waals surface area contributed by atoms with Crippen LogP contribution in [-0.4, -0.2) is 51.0 Å². The molecule has 0 amide bonds. The van der Waals surface area contributed by atoms with Crippen molar-refractivity contribution in [1.29, 1.82) is 0 Å². The van der Waals surface area contributed by atoms with Crippen LogP contribution in [0.3, 0.4) is 0 Å². The third kappa shape index (κ3) is 8.15. The third-order valence-corrected chi connectivity index (χ3v) is 7.67. The van der Waals surface area contributed by atoms with Gasteiger partial charge in [0, 0.05) is 30.1 Å². The molecule has 0 spiro atoms. The summed E-state index contributed by atoms with van der Waals surface area (Å²) in [5.41, 5.74) is 2.18. The number of aromatic nitrogens is 3. The van der Waals surface area contributed by atoms with Gasteiger partial charge in [0.25, 0.3) is 0 Å². The van der Waals surface area contributed by atoms with Crippen molar-refractivity contribution in [2.24, 2.45) is 0 Å². The van der Waals surface area contributed by atoms with Crippen molar-refractivity contribution in [3.05, 3.63) is 47.8 Å². The Kier molecular flexibility index (Phi) is 8.86. The maximum absolute atomic E-state index is 4.42. The van der Waals surface area contributed by atoms with Gasteiger partial charge in [-0.05, 0) is 53.8 Å². The number of nitrogens with zero attached hydrogens (tertiary/aromatic N) is 4. The number of hydrogen-bond acceptors (Lipinski definition) is 6. The van der Waals surface area contributed by atoms with Crippen LogP contribution >= 0.6 is 21.6 Å². The second-order valence-corrected chi connectivity index (χ2v) is 11.8. The third-order valence-electron chi connectivity index (χ3n) is 4.40. The molecule has 0 atom stereocenters. The minimum absolute atomic E-state index is 0.0801. The highest BCUT2D eigenvalue weighted by atomic mass is 33.1. The van der Waals surface area contributed by atoms with Crippen molar-refractivity contribution in [3.63, 3.8) is 0 Å². The fraction of sp³-hybridized carbons (Fsp3) is 0.619. The molecule has 2 aromatic rings. The van der Waals surface area contributed by atoms with Gasteiger partial charge in [0.15, 0.2) is 0 Å². The van der Waals surface area contributed by atoms with E-state index in [2.05, 4.69) is 92.8 Å². The number of hydrogen-bond donors (Lipinski definition) is 1. The van der Waals surface area contributed by atoms with Crippen molar-refractivity contribution in [3.8, 4) is 0 Å². The maximum Gasteiger partial charge on any atom is 0.0965 e. The molecule has 0 unspecified atom stereocenters. The molecule has 28 heavy (non-hydrogen) atoms. The molecular formula is C21H35N5S2. The topological polar surface area (TPSA) is 46.0 Å². The summed E-state index contributed by atoms with van der Waals surface area (Å²) >= 11 is 0. The summed E-state index contributed by atoms with van der Waals surface area (Å²) in [5, 5.41) is 12.2. The highest BCUT2D eigenvalue weighted by Crippen LogP contribution is 2.42. The van der Waals surface area contributed by atoms with Crippen LogP contribution in [0.2, 0.25) is 0 Å². The Balaban J connectivity index is 1.83. The Labute approximate surface area is 178 Å². The molecule has 0 saturated carbocycles. The first kappa shape index (κ1) is 23.3. The number of rotatable bonds is 12. The number of nitrogens with one attached hydrogen (secondary N) is 1. The zero-order valence-corrected chi connectivity index (χ0v) is 19.7. The van der Waals surface area contributed by atoms with Crippen molar-refractivity contribution in [2.75, 3.05) is 26.4 Å². The Bertz CT molecular complexity index is 698. The largest absolute Gasteiger partial charge is 0.309 e. The molecule has 0 saturated heterocycles. The van der Waals surface area contributed by atoms with Crippen molar-refractivity contribution in [1.82, 2.24) is 25.2 Å². The van der Waals surface area contributed by atoms with Gasteiger partial charge in [0.1, 0.15) is 0 Å². The first-order valence-electron chi connectivity index (χ1n) is 9.80. The lowest BCUT2D eigenvalue weighted by Crippen LogP contribution is -2.34. The lowest BCUT2D eigenvalue weighted by atomic mass is 9.92. The van der Waals surface area contributed by atoms with E-state index in [1.807, 2.05) is 32.3 Å². The van der Waals surface area contributed by atoms with Crippen LogP contribution in [0, 0.1) is 0 Å². The lowest BCUT2D eigenvalue weighted by Gasteiger charge is -2.34. The van der Waals surface area contributed by atoms with Crippen LogP contribution in [0.15, 0.2) is 36.5 Å². The second kappa shape index (κ2) is 10.7. The molecule has 0 fully saturated rings. The minimum Gasteiger partial charge on any atom is -0.309 e. The van der Waals surface area contributed by atoms with E-state index in [4.69, 9.17) is 0 Å². The Morgan fingerprint density at radius 1 is 1.07 bits per heavy atom. The van der Waals surface area contributed by atoms with E-state index in [1.165, 1.54) is 5.56 Å².